The number of rotatable bonds is 6. The number of hydrogen-bond donors (Lipinski definition) is 1. The molecule has 1 rings (SSSR count). The van der Waals surface area contributed by atoms with Gasteiger partial charge in [-0.05, 0) is 24.0 Å². The van der Waals surface area contributed by atoms with Crippen molar-refractivity contribution in [2.24, 2.45) is 0 Å². The van der Waals surface area contributed by atoms with Crippen LogP contribution in [0.1, 0.15) is 12.0 Å². The zero-order valence-electron chi connectivity index (χ0n) is 10.7. The van der Waals surface area contributed by atoms with Crippen LogP contribution < -0.4 is 5.32 Å². The third kappa shape index (κ3) is 5.24. The Morgan fingerprint density at radius 1 is 1.29 bits per heavy atom. The Hall–Kier alpha value is -1.00. The lowest BCUT2D eigenvalue weighted by atomic mass is 10.2. The number of nitrogens with zero attached hydrogens (tertiary/aromatic N) is 1. The number of amides is 1. The van der Waals surface area contributed by atoms with Crippen LogP contribution in [0.3, 0.4) is 0 Å². The van der Waals surface area contributed by atoms with Crippen LogP contribution in [0.4, 0.5) is 0 Å². The van der Waals surface area contributed by atoms with Gasteiger partial charge in [-0.15, -0.1) is 11.8 Å². The van der Waals surface area contributed by atoms with Gasteiger partial charge in [0.1, 0.15) is 0 Å². The molecule has 4 heteroatoms. The van der Waals surface area contributed by atoms with Gasteiger partial charge in [0.2, 0.25) is 5.91 Å². The number of hydrogen-bond acceptors (Lipinski definition) is 3. The predicted molar refractivity (Wildman–Crippen MR) is 73.2 cm³/mol. The van der Waals surface area contributed by atoms with Gasteiger partial charge in [0.05, 0.1) is 0 Å². The van der Waals surface area contributed by atoms with Gasteiger partial charge in [-0.2, -0.15) is 0 Å². The Balaban J connectivity index is 2.24. The van der Waals surface area contributed by atoms with Gasteiger partial charge >= 0.3 is 0 Å². The molecule has 17 heavy (non-hydrogen) atoms. The van der Waals surface area contributed by atoms with Crippen molar-refractivity contribution in [2.75, 3.05) is 26.9 Å². The van der Waals surface area contributed by atoms with Crippen LogP contribution in [0.25, 0.3) is 0 Å². The van der Waals surface area contributed by atoms with Crippen molar-refractivity contribution in [3.05, 3.63) is 29.8 Å². The quantitative estimate of drug-likeness (QED) is 0.620. The molecule has 0 fully saturated rings. The van der Waals surface area contributed by atoms with Crippen LogP contribution in [0, 0.1) is 0 Å². The fraction of sp³-hybridized carbons (Fsp3) is 0.462. The van der Waals surface area contributed by atoms with Crippen LogP contribution in [-0.2, 0) is 11.3 Å². The maximum absolute atomic E-state index is 11.3. The fourth-order valence-corrected chi connectivity index (χ4v) is 1.80. The van der Waals surface area contributed by atoms with Gasteiger partial charge < -0.3 is 10.2 Å². The highest BCUT2D eigenvalue weighted by atomic mass is 32.2. The number of carbonyl (C=O) groups is 1. The Kier molecular flexibility index (Phi) is 6.08. The SMILES string of the molecule is CSc1ccc(CNCCC(=O)N(C)C)cc1. The second-order valence-electron chi connectivity index (χ2n) is 4.06. The third-order valence-electron chi connectivity index (χ3n) is 2.50. The molecule has 0 radical (unpaired) electrons. The zero-order valence-corrected chi connectivity index (χ0v) is 11.5. The van der Waals surface area contributed by atoms with Gasteiger partial charge in [-0.1, -0.05) is 12.1 Å². The highest BCUT2D eigenvalue weighted by Gasteiger charge is 2.02. The van der Waals surface area contributed by atoms with E-state index in [4.69, 9.17) is 0 Å². The lowest BCUT2D eigenvalue weighted by molar-refractivity contribution is -0.128. The molecule has 0 aliphatic heterocycles. The summed E-state index contributed by atoms with van der Waals surface area (Å²) in [7, 11) is 3.56. The highest BCUT2D eigenvalue weighted by Crippen LogP contribution is 2.14. The molecule has 0 spiro atoms. The smallest absolute Gasteiger partial charge is 0.223 e. The molecule has 0 saturated heterocycles. The van der Waals surface area contributed by atoms with Gasteiger partial charge in [-0.25, -0.2) is 0 Å². The van der Waals surface area contributed by atoms with Crippen molar-refractivity contribution >= 4 is 17.7 Å². The summed E-state index contributed by atoms with van der Waals surface area (Å²) in [5, 5.41) is 3.27. The molecule has 94 valence electrons. The molecule has 1 aromatic carbocycles. The van der Waals surface area contributed by atoms with Crippen LogP contribution in [0.15, 0.2) is 29.2 Å². The lowest BCUT2D eigenvalue weighted by Crippen LogP contribution is -2.26. The summed E-state index contributed by atoms with van der Waals surface area (Å²) >= 11 is 1.74. The maximum atomic E-state index is 11.3. The standard InChI is InChI=1S/C13H20N2OS/c1-15(2)13(16)8-9-14-10-11-4-6-12(17-3)7-5-11/h4-7,14H,8-10H2,1-3H3. The Morgan fingerprint density at radius 2 is 1.94 bits per heavy atom. The largest absolute Gasteiger partial charge is 0.349 e. The van der Waals surface area contributed by atoms with Crippen molar-refractivity contribution in [3.8, 4) is 0 Å². The summed E-state index contributed by atoms with van der Waals surface area (Å²) in [5.41, 5.74) is 1.25. The molecule has 0 aliphatic carbocycles. The molecule has 3 nitrogen and oxygen atoms in total. The molecular weight excluding hydrogens is 232 g/mol. The molecule has 0 saturated carbocycles. The molecular formula is C13H20N2OS. The van der Waals surface area contributed by atoms with Crippen LogP contribution in [-0.4, -0.2) is 37.7 Å². The predicted octanol–water partition coefficient (Wildman–Crippen LogP) is 1.98. The van der Waals surface area contributed by atoms with E-state index in [1.54, 1.807) is 30.8 Å². The first kappa shape index (κ1) is 14.1. The molecule has 0 atom stereocenters. The lowest BCUT2D eigenvalue weighted by Gasteiger charge is -2.10. The first-order valence-electron chi connectivity index (χ1n) is 5.67. The van der Waals surface area contributed by atoms with Crippen molar-refractivity contribution in [3.63, 3.8) is 0 Å². The minimum Gasteiger partial charge on any atom is -0.349 e. The first-order valence-corrected chi connectivity index (χ1v) is 6.89. The summed E-state index contributed by atoms with van der Waals surface area (Å²) in [4.78, 5) is 14.2. The van der Waals surface area contributed by atoms with E-state index < -0.39 is 0 Å². The van der Waals surface area contributed by atoms with E-state index in [2.05, 4.69) is 35.8 Å². The van der Waals surface area contributed by atoms with E-state index in [0.717, 1.165) is 13.1 Å². The number of carbonyl (C=O) groups excluding carboxylic acids is 1. The first-order chi connectivity index (χ1) is 8.13. The average Bonchev–Trinajstić information content (AvgIpc) is 2.35. The summed E-state index contributed by atoms with van der Waals surface area (Å²) in [6.07, 6.45) is 2.62. The summed E-state index contributed by atoms with van der Waals surface area (Å²) < 4.78 is 0. The fourth-order valence-electron chi connectivity index (χ4n) is 1.40. The summed E-state index contributed by atoms with van der Waals surface area (Å²) in [5.74, 6) is 0.162. The van der Waals surface area contributed by atoms with E-state index in [9.17, 15) is 4.79 Å². The van der Waals surface area contributed by atoms with E-state index in [-0.39, 0.29) is 5.91 Å². The maximum Gasteiger partial charge on any atom is 0.223 e. The van der Waals surface area contributed by atoms with Crippen LogP contribution in [0.2, 0.25) is 0 Å². The second kappa shape index (κ2) is 7.35. The van der Waals surface area contributed by atoms with E-state index >= 15 is 0 Å². The van der Waals surface area contributed by atoms with E-state index in [0.29, 0.717) is 6.42 Å². The van der Waals surface area contributed by atoms with Gasteiger partial charge in [-0.3, -0.25) is 4.79 Å². The number of thioether (sulfide) groups is 1. The van der Waals surface area contributed by atoms with E-state index in [1.807, 2.05) is 0 Å². The molecule has 0 bridgehead atoms. The molecule has 0 heterocycles. The number of benzene rings is 1. The molecule has 1 aromatic rings. The molecule has 0 aromatic heterocycles. The summed E-state index contributed by atoms with van der Waals surface area (Å²) in [6, 6.07) is 8.47. The monoisotopic (exact) mass is 252 g/mol. The average molecular weight is 252 g/mol. The van der Waals surface area contributed by atoms with Crippen molar-refractivity contribution in [2.45, 2.75) is 17.9 Å². The molecule has 0 unspecified atom stereocenters. The van der Waals surface area contributed by atoms with Gasteiger partial charge in [0.25, 0.3) is 0 Å². The van der Waals surface area contributed by atoms with Gasteiger partial charge in [0.15, 0.2) is 0 Å². The Bertz CT molecular complexity index is 349. The third-order valence-corrected chi connectivity index (χ3v) is 3.25. The van der Waals surface area contributed by atoms with Crippen molar-refractivity contribution < 1.29 is 4.79 Å². The molecule has 1 amide bonds. The number of nitrogens with one attached hydrogen (secondary N) is 1. The van der Waals surface area contributed by atoms with Crippen molar-refractivity contribution in [1.29, 1.82) is 0 Å². The normalized spacial score (nSPS) is 10.3. The van der Waals surface area contributed by atoms with Crippen molar-refractivity contribution in [1.82, 2.24) is 10.2 Å². The van der Waals surface area contributed by atoms with Gasteiger partial charge in [0, 0.05) is 38.5 Å². The zero-order chi connectivity index (χ0) is 12.7. The minimum atomic E-state index is 0.162. The Morgan fingerprint density at radius 3 is 2.47 bits per heavy atom. The highest BCUT2D eigenvalue weighted by molar-refractivity contribution is 7.98. The minimum absolute atomic E-state index is 0.162. The molecule has 0 aliphatic rings. The summed E-state index contributed by atoms with van der Waals surface area (Å²) in [6.45, 7) is 1.54. The van der Waals surface area contributed by atoms with Crippen LogP contribution >= 0.6 is 11.8 Å². The Labute approximate surface area is 108 Å². The van der Waals surface area contributed by atoms with E-state index in [1.165, 1.54) is 10.5 Å². The van der Waals surface area contributed by atoms with Crippen LogP contribution in [0.5, 0.6) is 0 Å². The molecule has 1 N–H and O–H groups in total. The second-order valence-corrected chi connectivity index (χ2v) is 4.94. The topological polar surface area (TPSA) is 32.3 Å².